The van der Waals surface area contributed by atoms with Gasteiger partial charge in [0.15, 0.2) is 0 Å². The zero-order chi connectivity index (χ0) is 21.1. The van der Waals surface area contributed by atoms with Gasteiger partial charge in [0.1, 0.15) is 22.9 Å². The maximum Gasteiger partial charge on any atom is 0.255 e. The largest absolute Gasteiger partial charge is 0.491 e. The molecule has 3 rings (SSSR count). The summed E-state index contributed by atoms with van der Waals surface area (Å²) in [6, 6.07) is 9.50. The molecule has 1 aromatic heterocycles. The second-order valence-corrected chi connectivity index (χ2v) is 7.51. The molecule has 154 valence electrons. The molecule has 1 heterocycles. The van der Waals surface area contributed by atoms with E-state index < -0.39 is 0 Å². The predicted octanol–water partition coefficient (Wildman–Crippen LogP) is 4.56. The third kappa shape index (κ3) is 4.43. The Morgan fingerprint density at radius 1 is 1.21 bits per heavy atom. The molecule has 2 aromatic carbocycles. The van der Waals surface area contributed by atoms with Gasteiger partial charge in [-0.15, -0.1) is 0 Å². The lowest BCUT2D eigenvalue weighted by atomic mass is 9.98. The van der Waals surface area contributed by atoms with Gasteiger partial charge in [0, 0.05) is 24.6 Å². The van der Waals surface area contributed by atoms with Crippen LogP contribution in [0.4, 0.5) is 4.39 Å². The van der Waals surface area contributed by atoms with E-state index in [0.29, 0.717) is 40.0 Å². The predicted molar refractivity (Wildman–Crippen MR) is 111 cm³/mol. The normalized spacial score (nSPS) is 12.4. The van der Waals surface area contributed by atoms with Crippen molar-refractivity contribution < 1.29 is 23.4 Å². The number of fused-ring (bicyclic) bond motifs is 1. The SMILES string of the molecule is CNC(=O)c1c(-c2ccc(F)cc2)oc2cc(CC(C)CO)c(OC(C)C)cc12. The lowest BCUT2D eigenvalue weighted by molar-refractivity contribution is 0.0964. The molecular formula is C23H26FNO4. The molecule has 1 amide bonds. The summed E-state index contributed by atoms with van der Waals surface area (Å²) in [5.41, 5.74) is 2.43. The molecule has 0 aliphatic rings. The maximum absolute atomic E-state index is 13.4. The number of amides is 1. The molecule has 29 heavy (non-hydrogen) atoms. The third-order valence-electron chi connectivity index (χ3n) is 4.67. The second-order valence-electron chi connectivity index (χ2n) is 7.51. The van der Waals surface area contributed by atoms with Gasteiger partial charge < -0.3 is 19.6 Å². The monoisotopic (exact) mass is 399 g/mol. The topological polar surface area (TPSA) is 71.7 Å². The Kier molecular flexibility index (Phi) is 6.23. The van der Waals surface area contributed by atoms with E-state index in [9.17, 15) is 14.3 Å². The summed E-state index contributed by atoms with van der Waals surface area (Å²) in [6.45, 7) is 5.87. The number of rotatable bonds is 7. The van der Waals surface area contributed by atoms with Gasteiger partial charge in [0.05, 0.1) is 11.7 Å². The van der Waals surface area contributed by atoms with E-state index in [2.05, 4.69) is 5.32 Å². The van der Waals surface area contributed by atoms with Crippen molar-refractivity contribution in [1.82, 2.24) is 5.32 Å². The first-order valence-electron chi connectivity index (χ1n) is 9.69. The van der Waals surface area contributed by atoms with Crippen LogP contribution < -0.4 is 10.1 Å². The lowest BCUT2D eigenvalue weighted by Gasteiger charge is -2.16. The fourth-order valence-electron chi connectivity index (χ4n) is 3.28. The van der Waals surface area contributed by atoms with E-state index in [1.54, 1.807) is 19.2 Å². The van der Waals surface area contributed by atoms with E-state index in [0.717, 1.165) is 5.56 Å². The van der Waals surface area contributed by atoms with Crippen molar-refractivity contribution in [2.75, 3.05) is 13.7 Å². The van der Waals surface area contributed by atoms with Gasteiger partial charge in [-0.2, -0.15) is 0 Å². The molecule has 0 fully saturated rings. The van der Waals surface area contributed by atoms with Crippen LogP contribution in [0, 0.1) is 11.7 Å². The average Bonchev–Trinajstić information content (AvgIpc) is 3.05. The van der Waals surface area contributed by atoms with Gasteiger partial charge >= 0.3 is 0 Å². The molecule has 0 saturated heterocycles. The molecular weight excluding hydrogens is 373 g/mol. The minimum absolute atomic E-state index is 0.0481. The molecule has 0 bridgehead atoms. The van der Waals surface area contributed by atoms with Gasteiger partial charge in [0.25, 0.3) is 5.91 Å². The molecule has 6 heteroatoms. The number of halogens is 1. The minimum atomic E-state index is -0.362. The molecule has 1 atom stereocenters. The third-order valence-corrected chi connectivity index (χ3v) is 4.67. The maximum atomic E-state index is 13.4. The minimum Gasteiger partial charge on any atom is -0.491 e. The smallest absolute Gasteiger partial charge is 0.255 e. The zero-order valence-corrected chi connectivity index (χ0v) is 17.1. The molecule has 1 unspecified atom stereocenters. The van der Waals surface area contributed by atoms with Crippen LogP contribution in [0.5, 0.6) is 5.75 Å². The standard InChI is InChI=1S/C23H26FNO4/c1-13(2)28-19-11-18-20(10-16(19)9-14(3)12-26)29-22(21(18)23(27)25-4)15-5-7-17(24)8-6-15/h5-8,10-11,13-14,26H,9,12H2,1-4H3,(H,25,27). The number of nitrogens with one attached hydrogen (secondary N) is 1. The number of furan rings is 1. The highest BCUT2D eigenvalue weighted by Crippen LogP contribution is 2.38. The van der Waals surface area contributed by atoms with E-state index in [-0.39, 0.29) is 30.4 Å². The van der Waals surface area contributed by atoms with Crippen molar-refractivity contribution in [2.45, 2.75) is 33.3 Å². The number of aliphatic hydroxyl groups excluding tert-OH is 1. The number of carbonyl (C=O) groups excluding carboxylic acids is 1. The van der Waals surface area contributed by atoms with Crippen LogP contribution in [-0.4, -0.2) is 30.8 Å². The molecule has 5 nitrogen and oxygen atoms in total. The summed E-state index contributed by atoms with van der Waals surface area (Å²) in [5.74, 6) is 0.424. The molecule has 3 aromatic rings. The highest BCUT2D eigenvalue weighted by molar-refractivity contribution is 6.11. The molecule has 0 spiro atoms. The lowest BCUT2D eigenvalue weighted by Crippen LogP contribution is -2.18. The summed E-state index contributed by atoms with van der Waals surface area (Å²) in [4.78, 5) is 12.7. The molecule has 0 radical (unpaired) electrons. The Labute approximate surface area is 169 Å². The molecule has 0 saturated carbocycles. The van der Waals surface area contributed by atoms with E-state index in [4.69, 9.17) is 9.15 Å². The van der Waals surface area contributed by atoms with E-state index >= 15 is 0 Å². The summed E-state index contributed by atoms with van der Waals surface area (Å²) in [7, 11) is 1.55. The van der Waals surface area contributed by atoms with Crippen molar-refractivity contribution in [1.29, 1.82) is 0 Å². The number of benzene rings is 2. The van der Waals surface area contributed by atoms with Crippen molar-refractivity contribution in [3.8, 4) is 17.1 Å². The van der Waals surface area contributed by atoms with Crippen LogP contribution in [0.3, 0.4) is 0 Å². The highest BCUT2D eigenvalue weighted by atomic mass is 19.1. The van der Waals surface area contributed by atoms with Crippen molar-refractivity contribution in [3.63, 3.8) is 0 Å². The number of hydrogen-bond acceptors (Lipinski definition) is 4. The Morgan fingerprint density at radius 3 is 2.48 bits per heavy atom. The molecule has 2 N–H and O–H groups in total. The van der Waals surface area contributed by atoms with Crippen LogP contribution in [-0.2, 0) is 6.42 Å². The van der Waals surface area contributed by atoms with Gasteiger partial charge in [0.2, 0.25) is 0 Å². The van der Waals surface area contributed by atoms with Gasteiger partial charge in [-0.1, -0.05) is 6.92 Å². The number of hydrogen-bond donors (Lipinski definition) is 2. The molecule has 0 aliphatic heterocycles. The van der Waals surface area contributed by atoms with Crippen molar-refractivity contribution in [2.24, 2.45) is 5.92 Å². The van der Waals surface area contributed by atoms with Crippen LogP contribution in [0.2, 0.25) is 0 Å². The summed E-state index contributed by atoms with van der Waals surface area (Å²) in [5, 5.41) is 12.7. The number of ether oxygens (including phenoxy) is 1. The number of aliphatic hydroxyl groups is 1. The van der Waals surface area contributed by atoms with Gasteiger partial charge in [-0.3, -0.25) is 4.79 Å². The highest BCUT2D eigenvalue weighted by Gasteiger charge is 2.24. The van der Waals surface area contributed by atoms with Crippen molar-refractivity contribution >= 4 is 16.9 Å². The summed E-state index contributed by atoms with van der Waals surface area (Å²) < 4.78 is 25.4. The summed E-state index contributed by atoms with van der Waals surface area (Å²) >= 11 is 0. The van der Waals surface area contributed by atoms with Crippen LogP contribution >= 0.6 is 0 Å². The Bertz CT molecular complexity index is 1010. The van der Waals surface area contributed by atoms with Crippen molar-refractivity contribution in [3.05, 3.63) is 53.3 Å². The van der Waals surface area contributed by atoms with E-state index in [1.807, 2.05) is 32.9 Å². The average molecular weight is 399 g/mol. The van der Waals surface area contributed by atoms with E-state index in [1.165, 1.54) is 12.1 Å². The first kappa shape index (κ1) is 20.9. The Balaban J connectivity index is 2.24. The Morgan fingerprint density at radius 2 is 1.90 bits per heavy atom. The zero-order valence-electron chi connectivity index (χ0n) is 17.1. The van der Waals surface area contributed by atoms with Gasteiger partial charge in [-0.25, -0.2) is 4.39 Å². The van der Waals surface area contributed by atoms with Crippen LogP contribution in [0.25, 0.3) is 22.3 Å². The molecule has 0 aliphatic carbocycles. The quantitative estimate of drug-likeness (QED) is 0.611. The van der Waals surface area contributed by atoms with Crippen LogP contribution in [0.1, 0.15) is 36.7 Å². The number of carbonyl (C=O) groups is 1. The first-order chi connectivity index (χ1) is 13.8. The first-order valence-corrected chi connectivity index (χ1v) is 9.69. The Hall–Kier alpha value is -2.86. The second kappa shape index (κ2) is 8.66. The fraction of sp³-hybridized carbons (Fsp3) is 0.348. The van der Waals surface area contributed by atoms with Crippen LogP contribution in [0.15, 0.2) is 40.8 Å². The fourth-order valence-corrected chi connectivity index (χ4v) is 3.28. The van der Waals surface area contributed by atoms with Gasteiger partial charge in [-0.05, 0) is 68.1 Å². The summed E-state index contributed by atoms with van der Waals surface area (Å²) in [6.07, 6.45) is 0.554.